The lowest BCUT2D eigenvalue weighted by Crippen LogP contribution is -2.37. The number of ether oxygens (including phenoxy) is 2. The quantitative estimate of drug-likeness (QED) is 0.827. The van der Waals surface area contributed by atoms with Crippen LogP contribution in [0.4, 0.5) is 5.69 Å². The van der Waals surface area contributed by atoms with Crippen LogP contribution in [0.3, 0.4) is 0 Å². The number of carbonyl (C=O) groups excluding carboxylic acids is 1. The SMILES string of the molecule is COC(=O)C(O)c1ccc(C)cc1N1CCOCC1. The molecule has 1 atom stereocenters. The van der Waals surface area contributed by atoms with Crippen molar-refractivity contribution < 1.29 is 19.4 Å². The first kappa shape index (κ1) is 13.8. The molecule has 0 amide bonds. The van der Waals surface area contributed by atoms with E-state index in [0.717, 1.165) is 24.3 Å². The number of carbonyl (C=O) groups is 1. The largest absolute Gasteiger partial charge is 0.467 e. The molecule has 1 saturated heterocycles. The Morgan fingerprint density at radius 1 is 1.42 bits per heavy atom. The van der Waals surface area contributed by atoms with Gasteiger partial charge >= 0.3 is 5.97 Å². The van der Waals surface area contributed by atoms with Crippen LogP contribution in [0.5, 0.6) is 0 Å². The number of methoxy groups -OCH3 is 1. The van der Waals surface area contributed by atoms with Gasteiger partial charge in [0.15, 0.2) is 6.10 Å². The molecule has 0 spiro atoms. The molecule has 1 aliphatic heterocycles. The minimum atomic E-state index is -1.25. The van der Waals surface area contributed by atoms with Crippen molar-refractivity contribution in [1.82, 2.24) is 0 Å². The number of benzene rings is 1. The number of esters is 1. The molecule has 0 bridgehead atoms. The zero-order valence-electron chi connectivity index (χ0n) is 11.3. The molecule has 19 heavy (non-hydrogen) atoms. The summed E-state index contributed by atoms with van der Waals surface area (Å²) in [7, 11) is 1.27. The molecule has 1 aliphatic rings. The van der Waals surface area contributed by atoms with E-state index < -0.39 is 12.1 Å². The van der Waals surface area contributed by atoms with Crippen molar-refractivity contribution in [2.24, 2.45) is 0 Å². The molecular formula is C14H19NO4. The zero-order valence-corrected chi connectivity index (χ0v) is 11.3. The molecule has 0 saturated carbocycles. The van der Waals surface area contributed by atoms with E-state index in [-0.39, 0.29) is 0 Å². The van der Waals surface area contributed by atoms with E-state index in [9.17, 15) is 9.90 Å². The van der Waals surface area contributed by atoms with Gasteiger partial charge in [-0.05, 0) is 18.6 Å². The molecule has 5 heteroatoms. The van der Waals surface area contributed by atoms with Crippen LogP contribution in [0.1, 0.15) is 17.2 Å². The van der Waals surface area contributed by atoms with Gasteiger partial charge in [-0.1, -0.05) is 12.1 Å². The maximum Gasteiger partial charge on any atom is 0.339 e. The van der Waals surface area contributed by atoms with Gasteiger partial charge in [-0.2, -0.15) is 0 Å². The predicted molar refractivity (Wildman–Crippen MR) is 71.2 cm³/mol. The van der Waals surface area contributed by atoms with Crippen molar-refractivity contribution >= 4 is 11.7 Å². The molecule has 104 valence electrons. The number of anilines is 1. The fourth-order valence-electron chi connectivity index (χ4n) is 2.20. The molecule has 5 nitrogen and oxygen atoms in total. The summed E-state index contributed by atoms with van der Waals surface area (Å²) < 4.78 is 9.93. The van der Waals surface area contributed by atoms with Gasteiger partial charge in [-0.3, -0.25) is 0 Å². The minimum absolute atomic E-state index is 0.583. The van der Waals surface area contributed by atoms with Crippen molar-refractivity contribution in [2.75, 3.05) is 38.3 Å². The molecule has 1 N–H and O–H groups in total. The number of aryl methyl sites for hydroxylation is 1. The number of morpholine rings is 1. The standard InChI is InChI=1S/C14H19NO4/c1-10-3-4-11(13(16)14(17)18-2)12(9-10)15-5-7-19-8-6-15/h3-4,9,13,16H,5-8H2,1-2H3. The van der Waals surface area contributed by atoms with Crippen LogP contribution >= 0.6 is 0 Å². The Labute approximate surface area is 112 Å². The van der Waals surface area contributed by atoms with Crippen LogP contribution in [0.2, 0.25) is 0 Å². The number of rotatable bonds is 3. The van der Waals surface area contributed by atoms with Crippen LogP contribution in [0.25, 0.3) is 0 Å². The highest BCUT2D eigenvalue weighted by atomic mass is 16.5. The summed E-state index contributed by atoms with van der Waals surface area (Å²) in [5.74, 6) is -0.640. The summed E-state index contributed by atoms with van der Waals surface area (Å²) in [6.45, 7) is 4.80. The molecule has 1 fully saturated rings. The average molecular weight is 265 g/mol. The van der Waals surface area contributed by atoms with Crippen LogP contribution < -0.4 is 4.90 Å². The van der Waals surface area contributed by atoms with Crippen LogP contribution in [-0.4, -0.2) is 44.5 Å². The van der Waals surface area contributed by atoms with Gasteiger partial charge in [-0.15, -0.1) is 0 Å². The van der Waals surface area contributed by atoms with E-state index in [1.54, 1.807) is 6.07 Å². The molecule has 1 aromatic carbocycles. The molecule has 0 aromatic heterocycles. The Kier molecular flexibility index (Phi) is 4.39. The minimum Gasteiger partial charge on any atom is -0.467 e. The molecule has 0 radical (unpaired) electrons. The first-order chi connectivity index (χ1) is 9.13. The molecule has 1 aromatic rings. The predicted octanol–water partition coefficient (Wildman–Crippen LogP) is 1.04. The fourth-order valence-corrected chi connectivity index (χ4v) is 2.20. The Bertz CT molecular complexity index is 455. The molecule has 1 unspecified atom stereocenters. The van der Waals surface area contributed by atoms with E-state index in [1.807, 2.05) is 19.1 Å². The first-order valence-corrected chi connectivity index (χ1v) is 6.32. The smallest absolute Gasteiger partial charge is 0.339 e. The van der Waals surface area contributed by atoms with Crippen molar-refractivity contribution in [2.45, 2.75) is 13.0 Å². The van der Waals surface area contributed by atoms with Crippen molar-refractivity contribution in [1.29, 1.82) is 0 Å². The number of hydrogen-bond acceptors (Lipinski definition) is 5. The normalized spacial score (nSPS) is 17.1. The van der Waals surface area contributed by atoms with E-state index in [0.29, 0.717) is 18.8 Å². The van der Waals surface area contributed by atoms with Crippen molar-refractivity contribution in [3.05, 3.63) is 29.3 Å². The molecule has 2 rings (SSSR count). The molecular weight excluding hydrogens is 246 g/mol. The third-order valence-electron chi connectivity index (χ3n) is 3.26. The molecule has 0 aliphatic carbocycles. The van der Waals surface area contributed by atoms with E-state index in [1.165, 1.54) is 7.11 Å². The summed E-state index contributed by atoms with van der Waals surface area (Å²) in [5.41, 5.74) is 2.54. The Morgan fingerprint density at radius 3 is 2.74 bits per heavy atom. The molecule has 1 heterocycles. The summed E-state index contributed by atoms with van der Waals surface area (Å²) in [6.07, 6.45) is -1.25. The topological polar surface area (TPSA) is 59.0 Å². The monoisotopic (exact) mass is 265 g/mol. The average Bonchev–Trinajstić information content (AvgIpc) is 2.46. The lowest BCUT2D eigenvalue weighted by molar-refractivity contribution is -0.150. The number of hydrogen-bond donors (Lipinski definition) is 1. The lowest BCUT2D eigenvalue weighted by Gasteiger charge is -2.31. The third-order valence-corrected chi connectivity index (χ3v) is 3.26. The van der Waals surface area contributed by atoms with Crippen molar-refractivity contribution in [3.8, 4) is 0 Å². The second-order valence-corrected chi connectivity index (χ2v) is 4.59. The first-order valence-electron chi connectivity index (χ1n) is 6.32. The number of nitrogens with zero attached hydrogens (tertiary/aromatic N) is 1. The van der Waals surface area contributed by atoms with E-state index >= 15 is 0 Å². The summed E-state index contributed by atoms with van der Waals surface area (Å²) in [6, 6.07) is 5.64. The van der Waals surface area contributed by atoms with Gasteiger partial charge in [0.2, 0.25) is 0 Å². The van der Waals surface area contributed by atoms with E-state index in [4.69, 9.17) is 4.74 Å². The van der Waals surface area contributed by atoms with Gasteiger partial charge in [0.1, 0.15) is 0 Å². The summed E-state index contributed by atoms with van der Waals surface area (Å²) in [5, 5.41) is 10.1. The Hall–Kier alpha value is -1.59. The maximum atomic E-state index is 11.5. The summed E-state index contributed by atoms with van der Waals surface area (Å²) >= 11 is 0. The highest BCUT2D eigenvalue weighted by Crippen LogP contribution is 2.29. The van der Waals surface area contributed by atoms with Gasteiger partial charge in [0.25, 0.3) is 0 Å². The van der Waals surface area contributed by atoms with Crippen LogP contribution in [-0.2, 0) is 14.3 Å². The lowest BCUT2D eigenvalue weighted by atomic mass is 10.0. The third kappa shape index (κ3) is 3.05. The zero-order chi connectivity index (χ0) is 13.8. The highest BCUT2D eigenvalue weighted by molar-refractivity contribution is 5.79. The number of aliphatic hydroxyl groups is 1. The second kappa shape index (κ2) is 6.04. The van der Waals surface area contributed by atoms with Crippen LogP contribution in [0, 0.1) is 6.92 Å². The van der Waals surface area contributed by atoms with Crippen molar-refractivity contribution in [3.63, 3.8) is 0 Å². The van der Waals surface area contributed by atoms with Gasteiger partial charge < -0.3 is 19.5 Å². The van der Waals surface area contributed by atoms with Gasteiger partial charge in [0.05, 0.1) is 20.3 Å². The Balaban J connectivity index is 2.34. The van der Waals surface area contributed by atoms with Gasteiger partial charge in [-0.25, -0.2) is 4.79 Å². The summed E-state index contributed by atoms with van der Waals surface area (Å²) in [4.78, 5) is 13.6. The maximum absolute atomic E-state index is 11.5. The fraction of sp³-hybridized carbons (Fsp3) is 0.500. The highest BCUT2D eigenvalue weighted by Gasteiger charge is 2.24. The number of aliphatic hydroxyl groups excluding tert-OH is 1. The Morgan fingerprint density at radius 2 is 2.11 bits per heavy atom. The van der Waals surface area contributed by atoms with Crippen LogP contribution in [0.15, 0.2) is 18.2 Å². The second-order valence-electron chi connectivity index (χ2n) is 4.59. The van der Waals surface area contributed by atoms with E-state index in [2.05, 4.69) is 9.64 Å². The van der Waals surface area contributed by atoms with Gasteiger partial charge in [0, 0.05) is 24.3 Å².